The molecule has 0 heterocycles. The van der Waals surface area contributed by atoms with Crippen LogP contribution in [0.4, 0.5) is 0 Å². The van der Waals surface area contributed by atoms with Crippen molar-refractivity contribution in [3.8, 4) is 12.3 Å². The summed E-state index contributed by atoms with van der Waals surface area (Å²) < 4.78 is 0.752. The Morgan fingerprint density at radius 1 is 1.60 bits per heavy atom. The highest BCUT2D eigenvalue weighted by atomic mass is 79.9. The summed E-state index contributed by atoms with van der Waals surface area (Å²) in [4.78, 5) is 11.0. The van der Waals surface area contributed by atoms with Gasteiger partial charge in [0.2, 0.25) is 0 Å². The molecule has 0 saturated carbocycles. The van der Waals surface area contributed by atoms with Gasteiger partial charge in [-0.05, 0) is 11.6 Å². The Bertz CT molecular complexity index is 398. The van der Waals surface area contributed by atoms with E-state index in [-0.39, 0.29) is 6.54 Å². The van der Waals surface area contributed by atoms with E-state index in [9.17, 15) is 4.79 Å². The van der Waals surface area contributed by atoms with Crippen LogP contribution >= 0.6 is 15.9 Å². The summed E-state index contributed by atoms with van der Waals surface area (Å²) >= 11 is 3.30. The van der Waals surface area contributed by atoms with Crippen LogP contribution in [0.5, 0.6) is 0 Å². The van der Waals surface area contributed by atoms with Gasteiger partial charge in [-0.2, -0.15) is 0 Å². The molecule has 0 saturated heterocycles. The van der Waals surface area contributed by atoms with Gasteiger partial charge in [-0.3, -0.25) is 10.1 Å². The molecule has 0 aliphatic rings. The van der Waals surface area contributed by atoms with Crippen LogP contribution in [0.3, 0.4) is 0 Å². The lowest BCUT2D eigenvalue weighted by molar-refractivity contribution is -0.139. The molecule has 1 aromatic rings. The molecule has 0 amide bonds. The highest BCUT2D eigenvalue weighted by Gasteiger charge is 2.20. The van der Waals surface area contributed by atoms with Crippen LogP contribution in [0.2, 0.25) is 0 Å². The summed E-state index contributed by atoms with van der Waals surface area (Å²) in [5, 5.41) is 11.8. The molecule has 3 nitrogen and oxygen atoms in total. The number of nitrogens with one attached hydrogen (secondary N) is 1. The maximum atomic E-state index is 11.0. The van der Waals surface area contributed by atoms with Gasteiger partial charge in [0.15, 0.2) is 0 Å². The number of carboxylic acids is 1. The second kappa shape index (κ2) is 5.54. The highest BCUT2D eigenvalue weighted by molar-refractivity contribution is 9.10. The molecule has 0 bridgehead atoms. The molecule has 1 atom stereocenters. The average Bonchev–Trinajstić information content (AvgIpc) is 2.20. The third-order valence-electron chi connectivity index (χ3n) is 1.87. The van der Waals surface area contributed by atoms with Crippen LogP contribution < -0.4 is 5.32 Å². The maximum Gasteiger partial charge on any atom is 0.325 e. The van der Waals surface area contributed by atoms with E-state index in [0.717, 1.165) is 4.47 Å². The smallest absolute Gasteiger partial charge is 0.325 e. The number of carbonyl (C=O) groups is 1. The minimum atomic E-state index is -0.947. The van der Waals surface area contributed by atoms with Crippen molar-refractivity contribution in [2.24, 2.45) is 0 Å². The monoisotopic (exact) mass is 267 g/mol. The Morgan fingerprint density at radius 2 is 2.27 bits per heavy atom. The molecule has 0 aromatic heterocycles. The third kappa shape index (κ3) is 3.08. The topological polar surface area (TPSA) is 49.3 Å². The predicted molar refractivity (Wildman–Crippen MR) is 61.4 cm³/mol. The van der Waals surface area contributed by atoms with Gasteiger partial charge in [0, 0.05) is 4.47 Å². The van der Waals surface area contributed by atoms with Crippen molar-refractivity contribution in [1.82, 2.24) is 5.32 Å². The fraction of sp³-hybridized carbons (Fsp3) is 0.182. The van der Waals surface area contributed by atoms with Gasteiger partial charge in [0.1, 0.15) is 6.04 Å². The number of carboxylic acid groups (broad SMARTS) is 1. The van der Waals surface area contributed by atoms with Crippen molar-refractivity contribution >= 4 is 21.9 Å². The standard InChI is InChI=1S/C11H10BrNO2/c1-2-7-13-10(11(14)15)8-5-3-4-6-9(8)12/h1,3-6,10,13H,7H2,(H,14,15). The Balaban J connectivity index is 2.95. The van der Waals surface area contributed by atoms with E-state index in [4.69, 9.17) is 11.5 Å². The molecule has 2 N–H and O–H groups in total. The van der Waals surface area contributed by atoms with Gasteiger partial charge < -0.3 is 5.11 Å². The van der Waals surface area contributed by atoms with Crippen molar-refractivity contribution in [3.05, 3.63) is 34.3 Å². The first-order chi connectivity index (χ1) is 7.16. The molecular formula is C11H10BrNO2. The van der Waals surface area contributed by atoms with Crippen molar-refractivity contribution in [2.45, 2.75) is 6.04 Å². The van der Waals surface area contributed by atoms with E-state index < -0.39 is 12.0 Å². The second-order valence-corrected chi connectivity index (χ2v) is 3.73. The van der Waals surface area contributed by atoms with Crippen molar-refractivity contribution in [1.29, 1.82) is 0 Å². The molecule has 1 rings (SSSR count). The van der Waals surface area contributed by atoms with E-state index in [2.05, 4.69) is 27.2 Å². The van der Waals surface area contributed by atoms with Crippen LogP contribution in [0.25, 0.3) is 0 Å². The SMILES string of the molecule is C#CCNC(C(=O)O)c1ccccc1Br. The zero-order valence-electron chi connectivity index (χ0n) is 7.90. The van der Waals surface area contributed by atoms with Crippen LogP contribution in [-0.4, -0.2) is 17.6 Å². The number of hydrogen-bond acceptors (Lipinski definition) is 2. The van der Waals surface area contributed by atoms with Gasteiger partial charge in [0.25, 0.3) is 0 Å². The lowest BCUT2D eigenvalue weighted by Gasteiger charge is -2.14. The normalized spacial score (nSPS) is 11.7. The van der Waals surface area contributed by atoms with Crippen molar-refractivity contribution in [3.63, 3.8) is 0 Å². The number of halogens is 1. The molecule has 0 aliphatic heterocycles. The average molecular weight is 268 g/mol. The molecule has 1 aromatic carbocycles. The molecule has 78 valence electrons. The minimum absolute atomic E-state index is 0.221. The quantitative estimate of drug-likeness (QED) is 0.818. The van der Waals surface area contributed by atoms with Crippen LogP contribution in [-0.2, 0) is 4.79 Å². The number of benzene rings is 1. The second-order valence-electron chi connectivity index (χ2n) is 2.88. The Kier molecular flexibility index (Phi) is 4.35. The predicted octanol–water partition coefficient (Wildman–Crippen LogP) is 1.80. The largest absolute Gasteiger partial charge is 0.480 e. The first kappa shape index (κ1) is 11.8. The summed E-state index contributed by atoms with van der Waals surface area (Å²) in [6.45, 7) is 0.221. The molecular weight excluding hydrogens is 258 g/mol. The Labute approximate surface area is 96.6 Å². The zero-order chi connectivity index (χ0) is 11.3. The summed E-state index contributed by atoms with van der Waals surface area (Å²) in [5.74, 6) is 1.41. The first-order valence-corrected chi connectivity index (χ1v) is 5.10. The van der Waals surface area contributed by atoms with Crippen LogP contribution in [0.15, 0.2) is 28.7 Å². The lowest BCUT2D eigenvalue weighted by atomic mass is 10.1. The van der Waals surface area contributed by atoms with E-state index in [1.165, 1.54) is 0 Å². The zero-order valence-corrected chi connectivity index (χ0v) is 9.49. The van der Waals surface area contributed by atoms with E-state index in [1.807, 2.05) is 6.07 Å². The summed E-state index contributed by atoms with van der Waals surface area (Å²) in [6, 6.07) is 6.37. The van der Waals surface area contributed by atoms with Gasteiger partial charge in [-0.25, -0.2) is 0 Å². The molecule has 0 radical (unpaired) electrons. The molecule has 0 aliphatic carbocycles. The van der Waals surface area contributed by atoms with Crippen molar-refractivity contribution in [2.75, 3.05) is 6.54 Å². The van der Waals surface area contributed by atoms with Crippen LogP contribution in [0, 0.1) is 12.3 Å². The maximum absolute atomic E-state index is 11.0. The number of aliphatic carboxylic acids is 1. The van der Waals surface area contributed by atoms with Gasteiger partial charge >= 0.3 is 5.97 Å². The minimum Gasteiger partial charge on any atom is -0.480 e. The van der Waals surface area contributed by atoms with Crippen molar-refractivity contribution < 1.29 is 9.90 Å². The fourth-order valence-electron chi connectivity index (χ4n) is 1.20. The van der Waals surface area contributed by atoms with Gasteiger partial charge in [0.05, 0.1) is 6.54 Å². The van der Waals surface area contributed by atoms with Crippen LogP contribution in [0.1, 0.15) is 11.6 Å². The Morgan fingerprint density at radius 3 is 2.80 bits per heavy atom. The molecule has 1 unspecified atom stereocenters. The van der Waals surface area contributed by atoms with Gasteiger partial charge in [-0.1, -0.05) is 40.0 Å². The van der Waals surface area contributed by atoms with E-state index in [0.29, 0.717) is 5.56 Å². The summed E-state index contributed by atoms with van der Waals surface area (Å²) in [7, 11) is 0. The first-order valence-electron chi connectivity index (χ1n) is 4.31. The molecule has 15 heavy (non-hydrogen) atoms. The Hall–Kier alpha value is -1.31. The molecule has 4 heteroatoms. The van der Waals surface area contributed by atoms with E-state index in [1.54, 1.807) is 18.2 Å². The molecule has 0 spiro atoms. The highest BCUT2D eigenvalue weighted by Crippen LogP contribution is 2.23. The fourth-order valence-corrected chi connectivity index (χ4v) is 1.71. The number of terminal acetylenes is 1. The van der Waals surface area contributed by atoms with Gasteiger partial charge in [-0.15, -0.1) is 6.42 Å². The number of hydrogen-bond donors (Lipinski definition) is 2. The number of rotatable bonds is 4. The lowest BCUT2D eigenvalue weighted by Crippen LogP contribution is -2.29. The third-order valence-corrected chi connectivity index (χ3v) is 2.59. The molecule has 0 fully saturated rings. The summed E-state index contributed by atoms with van der Waals surface area (Å²) in [6.07, 6.45) is 5.08. The van der Waals surface area contributed by atoms with E-state index >= 15 is 0 Å². The summed E-state index contributed by atoms with van der Waals surface area (Å²) in [5.41, 5.74) is 0.667.